The number of sulfone groups is 1. The first kappa shape index (κ1) is 16.3. The summed E-state index contributed by atoms with van der Waals surface area (Å²) >= 11 is 6.01. The molecule has 0 amide bonds. The fraction of sp³-hybridized carbons (Fsp3) is 0.133. The Balaban J connectivity index is 2.46. The van der Waals surface area contributed by atoms with Crippen molar-refractivity contribution >= 4 is 27.4 Å². The number of carboxylic acid groups (broad SMARTS) is 1. The molecule has 116 valence electrons. The van der Waals surface area contributed by atoms with Gasteiger partial charge in [0.05, 0.1) is 10.6 Å². The number of halogens is 1. The summed E-state index contributed by atoms with van der Waals surface area (Å²) < 4.78 is 29.1. The second-order valence-corrected chi connectivity index (χ2v) is 6.97. The Bertz CT molecular complexity index is 800. The van der Waals surface area contributed by atoms with Crippen LogP contribution in [0.1, 0.15) is 15.9 Å². The van der Waals surface area contributed by atoms with Crippen LogP contribution in [-0.2, 0) is 16.4 Å². The van der Waals surface area contributed by atoms with Crippen molar-refractivity contribution < 1.29 is 23.1 Å². The lowest BCUT2D eigenvalue weighted by Crippen LogP contribution is -2.07. The normalized spacial score (nSPS) is 11.2. The largest absolute Gasteiger partial charge is 0.486 e. The van der Waals surface area contributed by atoms with Gasteiger partial charge in [0.15, 0.2) is 15.6 Å². The molecule has 0 aliphatic heterocycles. The van der Waals surface area contributed by atoms with Gasteiger partial charge in [-0.1, -0.05) is 41.9 Å². The van der Waals surface area contributed by atoms with Crippen LogP contribution in [0.2, 0.25) is 5.02 Å². The van der Waals surface area contributed by atoms with Gasteiger partial charge in [0, 0.05) is 6.26 Å². The van der Waals surface area contributed by atoms with Crippen molar-refractivity contribution in [3.05, 3.63) is 58.6 Å². The van der Waals surface area contributed by atoms with Gasteiger partial charge < -0.3 is 9.84 Å². The summed E-state index contributed by atoms with van der Waals surface area (Å²) in [7, 11) is -3.61. The zero-order valence-electron chi connectivity index (χ0n) is 11.6. The van der Waals surface area contributed by atoms with Crippen molar-refractivity contribution in [3.63, 3.8) is 0 Å². The molecule has 0 atom stereocenters. The Kier molecular flexibility index (Phi) is 4.73. The lowest BCUT2D eigenvalue weighted by molar-refractivity contribution is 0.0696. The molecule has 2 rings (SSSR count). The van der Waals surface area contributed by atoms with Gasteiger partial charge in [-0.2, -0.15) is 0 Å². The third-order valence-electron chi connectivity index (χ3n) is 2.92. The van der Waals surface area contributed by atoms with E-state index in [9.17, 15) is 13.2 Å². The smallest absolute Gasteiger partial charge is 0.337 e. The van der Waals surface area contributed by atoms with E-state index >= 15 is 0 Å². The number of carbonyl (C=O) groups is 1. The minimum absolute atomic E-state index is 0.0755. The second-order valence-electron chi connectivity index (χ2n) is 4.61. The quantitative estimate of drug-likeness (QED) is 0.904. The van der Waals surface area contributed by atoms with Crippen molar-refractivity contribution in [1.29, 1.82) is 0 Å². The Labute approximate surface area is 133 Å². The molecule has 0 radical (unpaired) electrons. The number of aromatic carboxylic acids is 1. The standard InChI is InChI=1S/C15H13ClO5S/c1-22(19,20)12-8-7-11(15(17)18)13(16)14(12)21-9-10-5-3-2-4-6-10/h2-8H,9H2,1H3,(H,17,18). The summed E-state index contributed by atoms with van der Waals surface area (Å²) in [6.45, 7) is 0.0755. The summed E-state index contributed by atoms with van der Waals surface area (Å²) in [5, 5.41) is 8.85. The molecule has 0 aromatic heterocycles. The summed E-state index contributed by atoms with van der Waals surface area (Å²) in [5.41, 5.74) is 0.593. The van der Waals surface area contributed by atoms with E-state index in [2.05, 4.69) is 0 Å². The third kappa shape index (κ3) is 3.58. The number of benzene rings is 2. The lowest BCUT2D eigenvalue weighted by Gasteiger charge is -2.13. The van der Waals surface area contributed by atoms with Gasteiger partial charge in [0.2, 0.25) is 0 Å². The summed E-state index contributed by atoms with van der Waals surface area (Å²) in [6.07, 6.45) is 1.01. The van der Waals surface area contributed by atoms with E-state index < -0.39 is 15.8 Å². The minimum atomic E-state index is -3.61. The van der Waals surface area contributed by atoms with Crippen molar-refractivity contribution in [3.8, 4) is 5.75 Å². The molecule has 0 aliphatic carbocycles. The van der Waals surface area contributed by atoms with E-state index in [1.807, 2.05) is 18.2 Å². The predicted molar refractivity (Wildman–Crippen MR) is 82.3 cm³/mol. The number of hydrogen-bond acceptors (Lipinski definition) is 4. The topological polar surface area (TPSA) is 80.7 Å². The molecule has 0 heterocycles. The lowest BCUT2D eigenvalue weighted by atomic mass is 10.2. The second kappa shape index (κ2) is 6.37. The van der Waals surface area contributed by atoms with Crippen LogP contribution in [0.15, 0.2) is 47.4 Å². The zero-order chi connectivity index (χ0) is 16.3. The third-order valence-corrected chi connectivity index (χ3v) is 4.41. The molecule has 0 spiro atoms. The number of carboxylic acids is 1. The zero-order valence-corrected chi connectivity index (χ0v) is 13.2. The Hall–Kier alpha value is -2.05. The summed E-state index contributed by atoms with van der Waals surface area (Å²) in [6, 6.07) is 11.4. The number of rotatable bonds is 5. The minimum Gasteiger partial charge on any atom is -0.486 e. The Morgan fingerprint density at radius 3 is 2.36 bits per heavy atom. The molecular formula is C15H13ClO5S. The van der Waals surface area contributed by atoms with E-state index in [0.717, 1.165) is 17.9 Å². The van der Waals surface area contributed by atoms with Gasteiger partial charge >= 0.3 is 5.97 Å². The number of hydrogen-bond donors (Lipinski definition) is 1. The van der Waals surface area contributed by atoms with Crippen LogP contribution >= 0.6 is 11.6 Å². The molecule has 0 bridgehead atoms. The van der Waals surface area contributed by atoms with Gasteiger partial charge in [-0.05, 0) is 17.7 Å². The Morgan fingerprint density at radius 2 is 1.82 bits per heavy atom. The molecule has 1 N–H and O–H groups in total. The fourth-order valence-corrected chi connectivity index (χ4v) is 3.03. The van der Waals surface area contributed by atoms with Gasteiger partial charge in [0.1, 0.15) is 11.5 Å². The van der Waals surface area contributed by atoms with Crippen LogP contribution in [0.4, 0.5) is 0 Å². The predicted octanol–water partition coefficient (Wildman–Crippen LogP) is 3.02. The first-order valence-electron chi connectivity index (χ1n) is 6.23. The van der Waals surface area contributed by atoms with Gasteiger partial charge in [-0.3, -0.25) is 0 Å². The molecule has 0 saturated carbocycles. The van der Waals surface area contributed by atoms with E-state index in [1.54, 1.807) is 12.1 Å². The SMILES string of the molecule is CS(=O)(=O)c1ccc(C(=O)O)c(Cl)c1OCc1ccccc1. The maximum atomic E-state index is 11.8. The monoisotopic (exact) mass is 340 g/mol. The van der Waals surface area contributed by atoms with Crippen molar-refractivity contribution in [2.24, 2.45) is 0 Å². The van der Waals surface area contributed by atoms with Gasteiger partial charge in [-0.15, -0.1) is 0 Å². The molecule has 2 aromatic rings. The highest BCUT2D eigenvalue weighted by atomic mass is 35.5. The molecular weight excluding hydrogens is 328 g/mol. The fourth-order valence-electron chi connectivity index (χ4n) is 1.86. The maximum Gasteiger partial charge on any atom is 0.337 e. The van der Waals surface area contributed by atoms with Gasteiger partial charge in [-0.25, -0.2) is 13.2 Å². The van der Waals surface area contributed by atoms with Crippen LogP contribution in [0.3, 0.4) is 0 Å². The molecule has 22 heavy (non-hydrogen) atoms. The molecule has 0 saturated heterocycles. The highest BCUT2D eigenvalue weighted by Crippen LogP contribution is 2.35. The molecule has 0 fully saturated rings. The first-order chi connectivity index (χ1) is 10.3. The Morgan fingerprint density at radius 1 is 1.18 bits per heavy atom. The first-order valence-corrected chi connectivity index (χ1v) is 8.50. The molecule has 2 aromatic carbocycles. The van der Waals surface area contributed by atoms with Crippen LogP contribution in [-0.4, -0.2) is 25.7 Å². The van der Waals surface area contributed by atoms with Crippen LogP contribution < -0.4 is 4.74 Å². The number of ether oxygens (including phenoxy) is 1. The average molecular weight is 341 g/mol. The van der Waals surface area contributed by atoms with Crippen LogP contribution in [0, 0.1) is 0 Å². The highest BCUT2D eigenvalue weighted by Gasteiger charge is 2.22. The van der Waals surface area contributed by atoms with Crippen molar-refractivity contribution in [1.82, 2.24) is 0 Å². The van der Waals surface area contributed by atoms with Crippen molar-refractivity contribution in [2.75, 3.05) is 6.26 Å². The van der Waals surface area contributed by atoms with E-state index in [1.165, 1.54) is 6.07 Å². The molecule has 7 heteroatoms. The van der Waals surface area contributed by atoms with Crippen molar-refractivity contribution in [2.45, 2.75) is 11.5 Å². The average Bonchev–Trinajstić information content (AvgIpc) is 2.45. The molecule has 0 unspecified atom stereocenters. The maximum absolute atomic E-state index is 11.8. The van der Waals surface area contributed by atoms with Gasteiger partial charge in [0.25, 0.3) is 0 Å². The summed E-state index contributed by atoms with van der Waals surface area (Å²) in [4.78, 5) is 11.0. The highest BCUT2D eigenvalue weighted by molar-refractivity contribution is 7.90. The summed E-state index contributed by atoms with van der Waals surface area (Å²) in [5.74, 6) is -1.40. The van der Waals surface area contributed by atoms with E-state index in [0.29, 0.717) is 0 Å². The van der Waals surface area contributed by atoms with Crippen LogP contribution in [0.5, 0.6) is 5.75 Å². The molecule has 0 aliphatic rings. The molecule has 5 nitrogen and oxygen atoms in total. The van der Waals surface area contributed by atoms with E-state index in [4.69, 9.17) is 21.4 Å². The van der Waals surface area contributed by atoms with Crippen LogP contribution in [0.25, 0.3) is 0 Å². The van der Waals surface area contributed by atoms with E-state index in [-0.39, 0.29) is 27.8 Å².